The molecule has 1 aliphatic rings. The van der Waals surface area contributed by atoms with E-state index in [-0.39, 0.29) is 0 Å². The normalized spacial score (nSPS) is 33.7. The first-order valence-electron chi connectivity index (χ1n) is 3.71. The Morgan fingerprint density at radius 3 is 2.18 bits per heavy atom. The number of rotatable bonds is 1. The zero-order valence-electron chi connectivity index (χ0n) is 6.10. The largest absolute Gasteiger partial charge is 0.810 e. The lowest BCUT2D eigenvalue weighted by atomic mass is 9.97. The Kier molecular flexibility index (Phi) is 2.70. The molecule has 0 bridgehead atoms. The van der Waals surface area contributed by atoms with Crippen LogP contribution in [0.15, 0.2) is 0 Å². The van der Waals surface area contributed by atoms with Gasteiger partial charge in [-0.25, -0.2) is 0 Å². The maximum absolute atomic E-state index is 10.5. The monoisotopic (exact) mass is 178 g/mol. The molecule has 1 N–H and O–H groups in total. The van der Waals surface area contributed by atoms with Gasteiger partial charge in [-0.05, 0) is 12.8 Å². The molecule has 0 aromatic heterocycles. The van der Waals surface area contributed by atoms with Crippen LogP contribution in [0.4, 0.5) is 0 Å². The molecule has 1 rings (SSSR count). The van der Waals surface area contributed by atoms with Crippen LogP contribution in [-0.4, -0.2) is 16.9 Å². The molecule has 1 fully saturated rings. The molecule has 0 spiro atoms. The maximum atomic E-state index is 10.5. The molecule has 66 valence electrons. The van der Waals surface area contributed by atoms with Gasteiger partial charge in [0.05, 0.1) is 6.10 Å². The fourth-order valence-corrected chi connectivity index (χ4v) is 2.53. The highest BCUT2D eigenvalue weighted by Gasteiger charge is 2.25. The molecule has 0 radical (unpaired) electrons. The second-order valence-electron chi connectivity index (χ2n) is 2.96. The van der Waals surface area contributed by atoms with Crippen molar-refractivity contribution in [3.63, 3.8) is 0 Å². The Morgan fingerprint density at radius 1 is 1.27 bits per heavy atom. The van der Waals surface area contributed by atoms with E-state index in [9.17, 15) is 14.4 Å². The van der Waals surface area contributed by atoms with E-state index in [4.69, 9.17) is 5.11 Å². The summed E-state index contributed by atoms with van der Waals surface area (Å²) in [6.45, 7) is 0. The van der Waals surface area contributed by atoms with Crippen molar-refractivity contribution in [3.8, 4) is 0 Å². The minimum Gasteiger partial charge on any atom is -0.810 e. The predicted octanol–water partition coefficient (Wildman–Crippen LogP) is -0.796. The zero-order valence-corrected chi connectivity index (χ0v) is 7.00. The summed E-state index contributed by atoms with van der Waals surface area (Å²) in [5.74, 6) is 0. The van der Waals surface area contributed by atoms with Gasteiger partial charge in [0.25, 0.3) is 0 Å². The van der Waals surface area contributed by atoms with Gasteiger partial charge in [-0.1, -0.05) is 20.4 Å². The van der Waals surface area contributed by atoms with E-state index in [2.05, 4.69) is 0 Å². The third-order valence-electron chi connectivity index (χ3n) is 2.10. The molecular weight excluding hydrogens is 167 g/mol. The molecule has 0 heterocycles. The van der Waals surface area contributed by atoms with E-state index in [1.807, 2.05) is 0 Å². The molecule has 1 saturated carbocycles. The van der Waals surface area contributed by atoms with Gasteiger partial charge in [0, 0.05) is 5.66 Å². The van der Waals surface area contributed by atoms with Gasteiger partial charge in [-0.2, -0.15) is 0 Å². The molecule has 2 atom stereocenters. The van der Waals surface area contributed by atoms with Gasteiger partial charge in [-0.15, -0.1) is 0 Å². The Labute approximate surface area is 65.4 Å². The molecule has 0 saturated heterocycles. The van der Waals surface area contributed by atoms with Crippen LogP contribution in [0.2, 0.25) is 0 Å². The van der Waals surface area contributed by atoms with Gasteiger partial charge in [0.2, 0.25) is 0 Å². The van der Waals surface area contributed by atoms with Crippen LogP contribution in [0.25, 0.3) is 0 Å². The van der Waals surface area contributed by atoms with Crippen molar-refractivity contribution >= 4 is 7.60 Å². The fourth-order valence-electron chi connectivity index (χ4n) is 1.46. The standard InChI is InChI=1S/C6H13O4P/c7-5-3-1-2-4-6(5)11(8,9)10/h5-7H,1-4H2,(H2,8,9,10)/p-2/t5-,6-/m0/s1. The second kappa shape index (κ2) is 3.23. The highest BCUT2D eigenvalue weighted by atomic mass is 31.2. The Morgan fingerprint density at radius 2 is 1.82 bits per heavy atom. The first-order chi connectivity index (χ1) is 5.02. The topological polar surface area (TPSA) is 83.4 Å². The van der Waals surface area contributed by atoms with Crippen LogP contribution in [0.3, 0.4) is 0 Å². The quantitative estimate of drug-likeness (QED) is 0.533. The van der Waals surface area contributed by atoms with Crippen molar-refractivity contribution in [1.29, 1.82) is 0 Å². The lowest BCUT2D eigenvalue weighted by Crippen LogP contribution is -2.37. The second-order valence-corrected chi connectivity index (χ2v) is 4.70. The van der Waals surface area contributed by atoms with Crippen molar-refractivity contribution in [3.05, 3.63) is 0 Å². The summed E-state index contributed by atoms with van der Waals surface area (Å²) in [4.78, 5) is 21.0. The van der Waals surface area contributed by atoms with Crippen molar-refractivity contribution in [1.82, 2.24) is 0 Å². The van der Waals surface area contributed by atoms with Crippen LogP contribution in [0, 0.1) is 0 Å². The first kappa shape index (κ1) is 9.20. The molecule has 0 aromatic rings. The molecule has 0 aromatic carbocycles. The Bertz CT molecular complexity index is 175. The van der Waals surface area contributed by atoms with E-state index >= 15 is 0 Å². The minimum atomic E-state index is -4.55. The highest BCUT2D eigenvalue weighted by molar-refractivity contribution is 7.49. The van der Waals surface area contributed by atoms with E-state index in [1.54, 1.807) is 0 Å². The van der Waals surface area contributed by atoms with Gasteiger partial charge < -0.3 is 19.5 Å². The molecule has 4 nitrogen and oxygen atoms in total. The van der Waals surface area contributed by atoms with Crippen molar-refractivity contribution in [2.75, 3.05) is 0 Å². The molecule has 5 heteroatoms. The summed E-state index contributed by atoms with van der Waals surface area (Å²) in [6, 6.07) is 0. The predicted molar refractivity (Wildman–Crippen MR) is 35.9 cm³/mol. The van der Waals surface area contributed by atoms with E-state index in [0.29, 0.717) is 12.8 Å². The van der Waals surface area contributed by atoms with Gasteiger partial charge in [0.15, 0.2) is 0 Å². The number of hydrogen-bond donors (Lipinski definition) is 1. The smallest absolute Gasteiger partial charge is 0.0614 e. The highest BCUT2D eigenvalue weighted by Crippen LogP contribution is 2.40. The minimum absolute atomic E-state index is 0.325. The fraction of sp³-hybridized carbons (Fsp3) is 1.00. The van der Waals surface area contributed by atoms with Crippen LogP contribution >= 0.6 is 7.60 Å². The molecule has 0 aliphatic heterocycles. The van der Waals surface area contributed by atoms with E-state index in [1.165, 1.54) is 0 Å². The molecule has 0 unspecified atom stereocenters. The Hall–Kier alpha value is 0.110. The number of aliphatic hydroxyl groups is 1. The van der Waals surface area contributed by atoms with Gasteiger partial charge in [-0.3, -0.25) is 0 Å². The van der Waals surface area contributed by atoms with E-state index in [0.717, 1.165) is 12.8 Å². The number of hydrogen-bond acceptors (Lipinski definition) is 4. The van der Waals surface area contributed by atoms with Crippen LogP contribution in [0.5, 0.6) is 0 Å². The summed E-state index contributed by atoms with van der Waals surface area (Å²) in [7, 11) is -4.55. The van der Waals surface area contributed by atoms with Crippen LogP contribution in [-0.2, 0) is 4.57 Å². The zero-order chi connectivity index (χ0) is 8.48. The third-order valence-corrected chi connectivity index (χ3v) is 3.51. The SMILES string of the molecule is O=P([O-])([O-])[C@H]1CCCC[C@@H]1O. The van der Waals surface area contributed by atoms with Crippen molar-refractivity contribution in [2.45, 2.75) is 37.4 Å². The number of aliphatic hydroxyl groups excluding tert-OH is 1. The lowest BCUT2D eigenvalue weighted by Gasteiger charge is -2.43. The third kappa shape index (κ3) is 2.27. The molecule has 1 aliphatic carbocycles. The summed E-state index contributed by atoms with van der Waals surface area (Å²) in [5, 5.41) is 9.13. The van der Waals surface area contributed by atoms with Crippen molar-refractivity contribution < 1.29 is 19.5 Å². The summed E-state index contributed by atoms with van der Waals surface area (Å²) in [6.07, 6.45) is 1.39. The summed E-state index contributed by atoms with van der Waals surface area (Å²) >= 11 is 0. The summed E-state index contributed by atoms with van der Waals surface area (Å²) < 4.78 is 10.5. The Balaban J connectivity index is 2.62. The average molecular weight is 178 g/mol. The maximum Gasteiger partial charge on any atom is 0.0614 e. The lowest BCUT2D eigenvalue weighted by molar-refractivity contribution is -0.318. The van der Waals surface area contributed by atoms with Gasteiger partial charge in [0.1, 0.15) is 0 Å². The molecule has 0 amide bonds. The average Bonchev–Trinajstić information content (AvgIpc) is 1.86. The van der Waals surface area contributed by atoms with Crippen LogP contribution < -0.4 is 9.79 Å². The summed E-state index contributed by atoms with van der Waals surface area (Å²) in [5.41, 5.74) is -1.03. The molecule has 11 heavy (non-hydrogen) atoms. The first-order valence-corrected chi connectivity index (χ1v) is 5.33. The molecular formula is C6H11O4P-2. The van der Waals surface area contributed by atoms with Crippen LogP contribution in [0.1, 0.15) is 25.7 Å². The van der Waals surface area contributed by atoms with E-state index < -0.39 is 19.4 Å². The van der Waals surface area contributed by atoms with Crippen molar-refractivity contribution in [2.24, 2.45) is 0 Å². The van der Waals surface area contributed by atoms with Gasteiger partial charge >= 0.3 is 0 Å².